The molecule has 3 rings (SSSR count). The predicted octanol–water partition coefficient (Wildman–Crippen LogP) is 0.868. The molecule has 9 heteroatoms. The molecule has 2 aromatic rings. The Morgan fingerprint density at radius 1 is 1.46 bits per heavy atom. The molecule has 1 fully saturated rings. The van der Waals surface area contributed by atoms with Gasteiger partial charge in [0.15, 0.2) is 0 Å². The lowest BCUT2D eigenvalue weighted by molar-refractivity contribution is -0.134. The Bertz CT molecular complexity index is 765. The molecule has 0 radical (unpaired) electrons. The molecule has 3 heterocycles. The second-order valence-electron chi connectivity index (χ2n) is 6.52. The molecule has 26 heavy (non-hydrogen) atoms. The topological polar surface area (TPSA) is 119 Å². The van der Waals surface area contributed by atoms with Gasteiger partial charge in [-0.05, 0) is 50.3 Å². The van der Waals surface area contributed by atoms with Gasteiger partial charge < -0.3 is 20.5 Å². The first-order chi connectivity index (χ1) is 12.4. The Labute approximate surface area is 155 Å². The van der Waals surface area contributed by atoms with Crippen molar-refractivity contribution in [3.8, 4) is 0 Å². The number of hydrogen-bond acceptors (Lipinski definition) is 7. The normalized spacial score (nSPS) is 16.3. The molecule has 1 unspecified atom stereocenters. The average Bonchev–Trinajstić information content (AvgIpc) is 3.04. The average molecular weight is 382 g/mol. The van der Waals surface area contributed by atoms with Crippen LogP contribution in [-0.2, 0) is 11.3 Å². The summed E-state index contributed by atoms with van der Waals surface area (Å²) in [6, 6.07) is 1.86. The van der Waals surface area contributed by atoms with E-state index in [1.54, 1.807) is 0 Å². The van der Waals surface area contributed by atoms with E-state index in [-0.39, 0.29) is 11.7 Å². The molecular formula is C17H26N4O4S. The van der Waals surface area contributed by atoms with E-state index in [9.17, 15) is 9.90 Å². The van der Waals surface area contributed by atoms with Gasteiger partial charge in [-0.25, -0.2) is 4.98 Å². The van der Waals surface area contributed by atoms with Gasteiger partial charge in [-0.15, -0.1) is 11.3 Å². The number of thiophene rings is 1. The summed E-state index contributed by atoms with van der Waals surface area (Å²) < 4.78 is 0.668. The number of carboxylic acids is 1. The molecule has 1 atom stereocenters. The lowest BCUT2D eigenvalue weighted by atomic mass is 9.92. The van der Waals surface area contributed by atoms with E-state index >= 15 is 0 Å². The first-order valence-electron chi connectivity index (χ1n) is 8.60. The first kappa shape index (κ1) is 20.5. The van der Waals surface area contributed by atoms with Crippen LogP contribution < -0.4 is 10.9 Å². The van der Waals surface area contributed by atoms with Gasteiger partial charge >= 0.3 is 0 Å². The summed E-state index contributed by atoms with van der Waals surface area (Å²) in [5, 5.41) is 23.0. The van der Waals surface area contributed by atoms with Gasteiger partial charge in [0, 0.05) is 13.5 Å². The van der Waals surface area contributed by atoms with Crippen molar-refractivity contribution in [2.24, 2.45) is 5.92 Å². The molecule has 0 amide bonds. The molecular weight excluding hydrogens is 356 g/mol. The van der Waals surface area contributed by atoms with E-state index in [2.05, 4.69) is 15.3 Å². The lowest BCUT2D eigenvalue weighted by Crippen LogP contribution is -2.39. The Morgan fingerprint density at radius 3 is 2.77 bits per heavy atom. The summed E-state index contributed by atoms with van der Waals surface area (Å²) in [5.74, 6) is 0.172. The number of likely N-dealkylation sites (N-methyl/N-ethyl adjacent to an activating group) is 1. The van der Waals surface area contributed by atoms with Crippen LogP contribution in [0.4, 0.5) is 0 Å². The Hall–Kier alpha value is -1.81. The fourth-order valence-electron chi connectivity index (χ4n) is 3.01. The third kappa shape index (κ3) is 6.17. The van der Waals surface area contributed by atoms with Crippen molar-refractivity contribution in [1.82, 2.24) is 20.2 Å². The third-order valence-corrected chi connectivity index (χ3v) is 5.11. The second-order valence-corrected chi connectivity index (χ2v) is 7.43. The van der Waals surface area contributed by atoms with Crippen molar-refractivity contribution in [1.29, 1.82) is 0 Å². The number of aromatic amines is 1. The number of H-pyrrole nitrogens is 1. The highest BCUT2D eigenvalue weighted by Gasteiger charge is 2.22. The molecule has 1 aliphatic heterocycles. The highest BCUT2D eigenvalue weighted by Crippen LogP contribution is 2.18. The minimum absolute atomic E-state index is 0.0812. The number of nitrogens with zero attached hydrogens (tertiary/aromatic N) is 2. The van der Waals surface area contributed by atoms with E-state index in [0.717, 1.165) is 38.4 Å². The highest BCUT2D eigenvalue weighted by atomic mass is 32.1. The first-order valence-corrected chi connectivity index (χ1v) is 9.48. The molecule has 1 saturated heterocycles. The van der Waals surface area contributed by atoms with E-state index in [1.165, 1.54) is 11.3 Å². The summed E-state index contributed by atoms with van der Waals surface area (Å²) >= 11 is 1.41. The van der Waals surface area contributed by atoms with Crippen LogP contribution in [0.15, 0.2) is 16.2 Å². The maximum Gasteiger partial charge on any atom is 0.300 e. The fraction of sp³-hybridized carbons (Fsp3) is 0.588. The summed E-state index contributed by atoms with van der Waals surface area (Å²) in [5.41, 5.74) is 0.665. The number of hydrogen-bond donors (Lipinski definition) is 4. The van der Waals surface area contributed by atoms with Crippen molar-refractivity contribution < 1.29 is 15.0 Å². The van der Waals surface area contributed by atoms with Crippen LogP contribution in [0, 0.1) is 5.92 Å². The minimum atomic E-state index is -0.833. The number of aromatic nitrogens is 2. The number of fused-ring (bicyclic) bond motifs is 1. The largest absolute Gasteiger partial charge is 0.481 e. The monoisotopic (exact) mass is 382 g/mol. The van der Waals surface area contributed by atoms with Crippen molar-refractivity contribution in [2.45, 2.75) is 32.4 Å². The van der Waals surface area contributed by atoms with Crippen LogP contribution in [0.1, 0.15) is 25.6 Å². The Morgan fingerprint density at radius 2 is 2.12 bits per heavy atom. The number of rotatable bonds is 5. The van der Waals surface area contributed by atoms with Crippen LogP contribution in [0.2, 0.25) is 0 Å². The number of aliphatic carboxylic acids is 1. The zero-order chi connectivity index (χ0) is 19.1. The SMILES string of the molecule is CC(=O)O.CN(Cc1nc2ccsc2c(=O)[nH]1)CC(O)C1CCNCC1. The van der Waals surface area contributed by atoms with Crippen LogP contribution in [-0.4, -0.2) is 63.8 Å². The van der Waals surface area contributed by atoms with Crippen molar-refractivity contribution in [3.05, 3.63) is 27.6 Å². The Kier molecular flexibility index (Phi) is 7.70. The van der Waals surface area contributed by atoms with Gasteiger partial charge in [-0.1, -0.05) is 0 Å². The zero-order valence-corrected chi connectivity index (χ0v) is 15.9. The highest BCUT2D eigenvalue weighted by molar-refractivity contribution is 7.17. The molecule has 8 nitrogen and oxygen atoms in total. The van der Waals surface area contributed by atoms with Crippen molar-refractivity contribution in [2.75, 3.05) is 26.7 Å². The van der Waals surface area contributed by atoms with E-state index in [4.69, 9.17) is 9.90 Å². The molecule has 4 N–H and O–H groups in total. The van der Waals surface area contributed by atoms with E-state index < -0.39 is 5.97 Å². The van der Waals surface area contributed by atoms with Crippen LogP contribution in [0.25, 0.3) is 10.2 Å². The summed E-state index contributed by atoms with van der Waals surface area (Å²) in [6.45, 7) is 4.17. The van der Waals surface area contributed by atoms with Crippen LogP contribution in [0.3, 0.4) is 0 Å². The zero-order valence-electron chi connectivity index (χ0n) is 15.1. The maximum atomic E-state index is 12.0. The number of nitrogens with one attached hydrogen (secondary N) is 2. The third-order valence-electron chi connectivity index (χ3n) is 4.21. The molecule has 2 aromatic heterocycles. The van der Waals surface area contributed by atoms with Gasteiger partial charge in [0.2, 0.25) is 0 Å². The minimum Gasteiger partial charge on any atom is -0.481 e. The summed E-state index contributed by atoms with van der Waals surface area (Å²) in [4.78, 5) is 30.3. The van der Waals surface area contributed by atoms with Crippen molar-refractivity contribution >= 4 is 27.5 Å². The quantitative estimate of drug-likeness (QED) is 0.606. The number of aliphatic hydroxyl groups is 1. The standard InChI is InChI=1S/C15H22N4O2S.C2H4O2/c1-19(8-12(20)10-2-5-16-6-3-10)9-13-17-11-4-7-22-14(11)15(21)18-13;1-2(3)4/h4,7,10,12,16,20H,2-3,5-6,8-9H2,1H3,(H,17,18,21);1H3,(H,3,4). The van der Waals surface area contributed by atoms with E-state index in [1.807, 2.05) is 23.4 Å². The fourth-order valence-corrected chi connectivity index (χ4v) is 3.74. The van der Waals surface area contributed by atoms with Gasteiger partial charge in [0.1, 0.15) is 10.5 Å². The van der Waals surface area contributed by atoms with Crippen molar-refractivity contribution in [3.63, 3.8) is 0 Å². The number of carbonyl (C=O) groups is 1. The van der Waals surface area contributed by atoms with Gasteiger partial charge in [-0.2, -0.15) is 0 Å². The number of carboxylic acid groups (broad SMARTS) is 1. The molecule has 0 bridgehead atoms. The van der Waals surface area contributed by atoms with Gasteiger partial charge in [0.25, 0.3) is 11.5 Å². The van der Waals surface area contributed by atoms with E-state index in [0.29, 0.717) is 29.5 Å². The Balaban J connectivity index is 0.000000552. The van der Waals surface area contributed by atoms with Gasteiger partial charge in [-0.3, -0.25) is 14.5 Å². The smallest absolute Gasteiger partial charge is 0.300 e. The molecule has 144 valence electrons. The van der Waals surface area contributed by atoms with Gasteiger partial charge in [0.05, 0.1) is 18.2 Å². The maximum absolute atomic E-state index is 12.0. The second kappa shape index (κ2) is 9.77. The molecule has 0 saturated carbocycles. The van der Waals surface area contributed by atoms with Crippen LogP contribution in [0.5, 0.6) is 0 Å². The number of aliphatic hydroxyl groups excluding tert-OH is 1. The summed E-state index contributed by atoms with van der Waals surface area (Å²) in [7, 11) is 1.95. The molecule has 1 aliphatic rings. The predicted molar refractivity (Wildman–Crippen MR) is 101 cm³/mol. The molecule has 0 spiro atoms. The molecule has 0 aromatic carbocycles. The van der Waals surface area contributed by atoms with Crippen LogP contribution >= 0.6 is 11.3 Å². The molecule has 0 aliphatic carbocycles. The summed E-state index contributed by atoms with van der Waals surface area (Å²) in [6.07, 6.45) is 1.71. The lowest BCUT2D eigenvalue weighted by Gasteiger charge is -2.29. The number of piperidine rings is 1.